The molecule has 0 radical (unpaired) electrons. The molecule has 1 N–H and O–H groups in total. The van der Waals surface area contributed by atoms with Gasteiger partial charge >= 0.3 is 0 Å². The number of hydroxylamine groups is 1. The van der Waals surface area contributed by atoms with Crippen molar-refractivity contribution in [2.45, 2.75) is 25.6 Å². The van der Waals surface area contributed by atoms with Crippen molar-refractivity contribution in [1.82, 2.24) is 5.48 Å². The predicted octanol–water partition coefficient (Wildman–Crippen LogP) is 1.90. The summed E-state index contributed by atoms with van der Waals surface area (Å²) in [6.45, 7) is 0.644. The van der Waals surface area contributed by atoms with Gasteiger partial charge in [0.15, 0.2) is 17.8 Å². The molecule has 7 nitrogen and oxygen atoms in total. The monoisotopic (exact) mass is 311 g/mol. The van der Waals surface area contributed by atoms with Crippen LogP contribution in [0.2, 0.25) is 0 Å². The topological polar surface area (TPSA) is 75.3 Å². The zero-order valence-electron chi connectivity index (χ0n) is 13.0. The van der Waals surface area contributed by atoms with Gasteiger partial charge in [-0.15, -0.1) is 0 Å². The number of nitrogens with one attached hydrogen (secondary N) is 1. The number of hydrogen-bond acceptors (Lipinski definition) is 6. The maximum Gasteiger partial charge on any atom is 0.275 e. The second kappa shape index (κ2) is 7.86. The maximum atomic E-state index is 12.2. The van der Waals surface area contributed by atoms with E-state index in [2.05, 4.69) is 5.48 Å². The van der Waals surface area contributed by atoms with Gasteiger partial charge in [0.1, 0.15) is 0 Å². The van der Waals surface area contributed by atoms with Crippen molar-refractivity contribution in [3.8, 4) is 17.2 Å². The number of carbonyl (C=O) groups excluding carboxylic acids is 1. The van der Waals surface area contributed by atoms with Crippen molar-refractivity contribution in [2.75, 3.05) is 27.9 Å². The van der Waals surface area contributed by atoms with Crippen molar-refractivity contribution in [3.63, 3.8) is 0 Å². The summed E-state index contributed by atoms with van der Waals surface area (Å²) < 4.78 is 21.0. The number of amides is 1. The lowest BCUT2D eigenvalue weighted by atomic mass is 10.1. The van der Waals surface area contributed by atoms with Crippen LogP contribution in [0.5, 0.6) is 17.2 Å². The van der Waals surface area contributed by atoms with Crippen molar-refractivity contribution in [3.05, 3.63) is 17.7 Å². The van der Waals surface area contributed by atoms with E-state index in [-0.39, 0.29) is 0 Å². The van der Waals surface area contributed by atoms with Crippen LogP contribution < -0.4 is 19.7 Å². The first-order valence-corrected chi connectivity index (χ1v) is 7.07. The first-order valence-electron chi connectivity index (χ1n) is 7.07. The van der Waals surface area contributed by atoms with E-state index in [9.17, 15) is 4.79 Å². The van der Waals surface area contributed by atoms with Crippen LogP contribution in [0, 0.1) is 0 Å². The molecule has 1 saturated heterocycles. The van der Waals surface area contributed by atoms with Crippen molar-refractivity contribution in [2.24, 2.45) is 0 Å². The summed E-state index contributed by atoms with van der Waals surface area (Å²) in [5, 5.41) is 0. The third kappa shape index (κ3) is 3.80. The van der Waals surface area contributed by atoms with Gasteiger partial charge in [-0.2, -0.15) is 0 Å². The second-order valence-electron chi connectivity index (χ2n) is 4.76. The standard InChI is InChI=1S/C15H21NO6/c1-18-11-8-10(9-12(19-2)14(11)20-3)15(17)16-22-13-6-4-5-7-21-13/h8-9,13H,4-7H2,1-3H3,(H,16,17). The minimum absolute atomic E-state index is 0.338. The quantitative estimate of drug-likeness (QED) is 0.809. The molecule has 2 rings (SSSR count). The molecule has 1 aromatic rings. The molecule has 1 aromatic carbocycles. The second-order valence-corrected chi connectivity index (χ2v) is 4.76. The minimum atomic E-state index is -0.409. The lowest BCUT2D eigenvalue weighted by Crippen LogP contribution is -2.33. The van der Waals surface area contributed by atoms with E-state index in [0.29, 0.717) is 29.4 Å². The Hall–Kier alpha value is -1.99. The Morgan fingerprint density at radius 1 is 1.14 bits per heavy atom. The lowest BCUT2D eigenvalue weighted by Gasteiger charge is -2.22. The van der Waals surface area contributed by atoms with Gasteiger partial charge in [0.25, 0.3) is 5.91 Å². The van der Waals surface area contributed by atoms with Crippen LogP contribution in [0.4, 0.5) is 0 Å². The molecule has 22 heavy (non-hydrogen) atoms. The average molecular weight is 311 g/mol. The highest BCUT2D eigenvalue weighted by atomic mass is 16.8. The van der Waals surface area contributed by atoms with E-state index < -0.39 is 12.2 Å². The molecule has 0 bridgehead atoms. The molecule has 0 aromatic heterocycles. The van der Waals surface area contributed by atoms with Gasteiger partial charge in [0.2, 0.25) is 5.75 Å². The molecule has 1 atom stereocenters. The highest BCUT2D eigenvalue weighted by molar-refractivity contribution is 5.95. The third-order valence-corrected chi connectivity index (χ3v) is 3.35. The Bertz CT molecular complexity index is 488. The van der Waals surface area contributed by atoms with E-state index in [0.717, 1.165) is 19.3 Å². The van der Waals surface area contributed by atoms with E-state index >= 15 is 0 Å². The molecule has 0 saturated carbocycles. The Morgan fingerprint density at radius 2 is 1.82 bits per heavy atom. The summed E-state index contributed by atoms with van der Waals surface area (Å²) in [4.78, 5) is 17.4. The number of hydrogen-bond donors (Lipinski definition) is 1. The summed E-state index contributed by atoms with van der Waals surface area (Å²) in [7, 11) is 4.49. The summed E-state index contributed by atoms with van der Waals surface area (Å²) in [5.74, 6) is 0.827. The van der Waals surface area contributed by atoms with Crippen LogP contribution in [-0.2, 0) is 9.57 Å². The van der Waals surface area contributed by atoms with Crippen LogP contribution in [0.3, 0.4) is 0 Å². The van der Waals surface area contributed by atoms with Gasteiger partial charge < -0.3 is 18.9 Å². The largest absolute Gasteiger partial charge is 0.493 e. The van der Waals surface area contributed by atoms with Gasteiger partial charge in [-0.05, 0) is 25.0 Å². The van der Waals surface area contributed by atoms with Crippen molar-refractivity contribution in [1.29, 1.82) is 0 Å². The molecule has 1 fully saturated rings. The van der Waals surface area contributed by atoms with Gasteiger partial charge in [0.05, 0.1) is 21.3 Å². The van der Waals surface area contributed by atoms with Gasteiger partial charge in [0, 0.05) is 18.6 Å². The Balaban J connectivity index is 2.08. The summed E-state index contributed by atoms with van der Waals surface area (Å²) in [6.07, 6.45) is 2.39. The Morgan fingerprint density at radius 3 is 2.32 bits per heavy atom. The molecular weight excluding hydrogens is 290 g/mol. The minimum Gasteiger partial charge on any atom is -0.493 e. The zero-order valence-corrected chi connectivity index (χ0v) is 13.0. The smallest absolute Gasteiger partial charge is 0.275 e. The van der Waals surface area contributed by atoms with Gasteiger partial charge in [-0.1, -0.05) is 0 Å². The SMILES string of the molecule is COc1cc(C(=O)NOC2CCCCO2)cc(OC)c1OC. The van der Waals surface area contributed by atoms with Crippen molar-refractivity contribution >= 4 is 5.91 Å². The summed E-state index contributed by atoms with van der Waals surface area (Å²) in [6, 6.07) is 3.11. The molecule has 1 unspecified atom stereocenters. The molecule has 0 aliphatic carbocycles. The first kappa shape index (κ1) is 16.4. The lowest BCUT2D eigenvalue weighted by molar-refractivity contribution is -0.186. The number of benzene rings is 1. The number of carbonyl (C=O) groups is 1. The summed E-state index contributed by atoms with van der Waals surface area (Å²) in [5.41, 5.74) is 2.73. The number of ether oxygens (including phenoxy) is 4. The summed E-state index contributed by atoms with van der Waals surface area (Å²) >= 11 is 0. The van der Waals surface area contributed by atoms with Crippen LogP contribution in [0.15, 0.2) is 12.1 Å². The molecule has 1 heterocycles. The molecule has 0 spiro atoms. The van der Waals surface area contributed by atoms with E-state index in [1.165, 1.54) is 21.3 Å². The Labute approximate surface area is 129 Å². The van der Waals surface area contributed by atoms with Crippen LogP contribution in [0.25, 0.3) is 0 Å². The fraction of sp³-hybridized carbons (Fsp3) is 0.533. The first-order chi connectivity index (χ1) is 10.7. The number of rotatable bonds is 6. The molecule has 1 amide bonds. The van der Waals surface area contributed by atoms with E-state index in [4.69, 9.17) is 23.8 Å². The molecule has 7 heteroatoms. The average Bonchev–Trinajstić information content (AvgIpc) is 2.59. The molecular formula is C15H21NO6. The molecule has 122 valence electrons. The van der Waals surface area contributed by atoms with Crippen LogP contribution >= 0.6 is 0 Å². The predicted molar refractivity (Wildman–Crippen MR) is 78.2 cm³/mol. The zero-order chi connectivity index (χ0) is 15.9. The van der Waals surface area contributed by atoms with Crippen molar-refractivity contribution < 1.29 is 28.6 Å². The normalized spacial score (nSPS) is 17.7. The van der Waals surface area contributed by atoms with E-state index in [1.807, 2.05) is 0 Å². The van der Waals surface area contributed by atoms with E-state index in [1.54, 1.807) is 12.1 Å². The van der Waals surface area contributed by atoms with Gasteiger partial charge in [-0.25, -0.2) is 10.3 Å². The molecule has 1 aliphatic rings. The Kier molecular flexibility index (Phi) is 5.85. The molecule has 1 aliphatic heterocycles. The van der Waals surface area contributed by atoms with Crippen LogP contribution in [0.1, 0.15) is 29.6 Å². The number of methoxy groups -OCH3 is 3. The highest BCUT2D eigenvalue weighted by Crippen LogP contribution is 2.38. The third-order valence-electron chi connectivity index (χ3n) is 3.35. The fourth-order valence-corrected chi connectivity index (χ4v) is 2.19. The highest BCUT2D eigenvalue weighted by Gasteiger charge is 2.19. The fourth-order valence-electron chi connectivity index (χ4n) is 2.19. The maximum absolute atomic E-state index is 12.2. The van der Waals surface area contributed by atoms with Crippen LogP contribution in [-0.4, -0.2) is 40.1 Å². The van der Waals surface area contributed by atoms with Gasteiger partial charge in [-0.3, -0.25) is 4.79 Å².